The molecule has 0 aliphatic carbocycles. The maximum absolute atomic E-state index is 4.56. The van der Waals surface area contributed by atoms with E-state index in [0.717, 1.165) is 11.2 Å². The molecule has 78 valence electrons. The summed E-state index contributed by atoms with van der Waals surface area (Å²) in [5, 5.41) is 1.30. The third-order valence-electron chi connectivity index (χ3n) is 2.75. The molecule has 0 aliphatic rings. The van der Waals surface area contributed by atoms with E-state index < -0.39 is 0 Å². The zero-order chi connectivity index (χ0) is 11.0. The van der Waals surface area contributed by atoms with E-state index in [9.17, 15) is 0 Å². The summed E-state index contributed by atoms with van der Waals surface area (Å²) < 4.78 is 0. The van der Waals surface area contributed by atoms with Crippen molar-refractivity contribution in [3.8, 4) is 0 Å². The van der Waals surface area contributed by atoms with E-state index in [4.69, 9.17) is 0 Å². The van der Waals surface area contributed by atoms with Gasteiger partial charge in [0.1, 0.15) is 0 Å². The minimum atomic E-state index is 0.552. The van der Waals surface area contributed by atoms with E-state index in [1.807, 2.05) is 0 Å². The van der Waals surface area contributed by atoms with Gasteiger partial charge in [0, 0.05) is 11.1 Å². The number of fused-ring (bicyclic) bond motifs is 1. The molecule has 1 aromatic heterocycles. The van der Waals surface area contributed by atoms with Gasteiger partial charge in [-0.2, -0.15) is 0 Å². The Morgan fingerprint density at radius 3 is 2.47 bits per heavy atom. The molecule has 2 aromatic rings. The second-order valence-corrected chi connectivity index (χ2v) is 4.53. The Kier molecular flexibility index (Phi) is 2.47. The monoisotopic (exact) mass is 199 g/mol. The molecule has 0 saturated carbocycles. The van der Waals surface area contributed by atoms with Gasteiger partial charge in [-0.3, -0.25) is 4.98 Å². The smallest absolute Gasteiger partial charge is 0.0708 e. The van der Waals surface area contributed by atoms with Gasteiger partial charge in [-0.25, -0.2) is 0 Å². The van der Waals surface area contributed by atoms with E-state index >= 15 is 0 Å². The van der Waals surface area contributed by atoms with Crippen molar-refractivity contribution in [2.24, 2.45) is 0 Å². The maximum atomic E-state index is 4.56. The maximum Gasteiger partial charge on any atom is 0.0708 e. The Bertz CT molecular complexity index is 498. The predicted octanol–water partition coefficient (Wildman–Crippen LogP) is 3.98. The fraction of sp³-hybridized carbons (Fsp3) is 0.357. The quantitative estimate of drug-likeness (QED) is 0.677. The summed E-state index contributed by atoms with van der Waals surface area (Å²) in [6, 6.07) is 8.67. The number of benzene rings is 1. The number of hydrogen-bond acceptors (Lipinski definition) is 1. The second-order valence-electron chi connectivity index (χ2n) is 4.53. The molecule has 1 heterocycles. The van der Waals surface area contributed by atoms with Crippen LogP contribution in [-0.4, -0.2) is 4.98 Å². The number of pyridine rings is 1. The van der Waals surface area contributed by atoms with E-state index in [-0.39, 0.29) is 0 Å². The Balaban J connectivity index is 2.81. The van der Waals surface area contributed by atoms with Crippen molar-refractivity contribution in [2.75, 3.05) is 0 Å². The van der Waals surface area contributed by atoms with Crippen LogP contribution >= 0.6 is 0 Å². The highest BCUT2D eigenvalue weighted by atomic mass is 14.7. The second kappa shape index (κ2) is 3.65. The zero-order valence-corrected chi connectivity index (χ0v) is 9.83. The Labute approximate surface area is 91.2 Å². The molecule has 0 radical (unpaired) electrons. The summed E-state index contributed by atoms with van der Waals surface area (Å²) in [6.07, 6.45) is 0. The Morgan fingerprint density at radius 2 is 1.80 bits per heavy atom. The highest BCUT2D eigenvalue weighted by molar-refractivity contribution is 5.83. The molecule has 1 heteroatoms. The van der Waals surface area contributed by atoms with Crippen molar-refractivity contribution in [2.45, 2.75) is 33.6 Å². The standard InChI is InChI=1S/C14H17N/c1-9(2)12-8-11(4)15-14-6-5-10(3)7-13(12)14/h5-9H,1-4H3. The lowest BCUT2D eigenvalue weighted by molar-refractivity contribution is 0.871. The number of nitrogens with zero attached hydrogens (tertiary/aromatic N) is 1. The third kappa shape index (κ3) is 1.87. The molecule has 0 fully saturated rings. The van der Waals surface area contributed by atoms with Crippen molar-refractivity contribution in [3.63, 3.8) is 0 Å². The lowest BCUT2D eigenvalue weighted by atomic mass is 9.97. The molecule has 0 saturated heterocycles. The SMILES string of the molecule is Cc1ccc2nc(C)cc(C(C)C)c2c1. The van der Waals surface area contributed by atoms with Gasteiger partial charge < -0.3 is 0 Å². The topological polar surface area (TPSA) is 12.9 Å². The van der Waals surface area contributed by atoms with Crippen molar-refractivity contribution >= 4 is 10.9 Å². The lowest BCUT2D eigenvalue weighted by Crippen LogP contribution is -1.94. The normalized spacial score (nSPS) is 11.3. The van der Waals surface area contributed by atoms with E-state index in [0.29, 0.717) is 5.92 Å². The van der Waals surface area contributed by atoms with Crippen LogP contribution < -0.4 is 0 Å². The van der Waals surface area contributed by atoms with Crippen molar-refractivity contribution < 1.29 is 0 Å². The fourth-order valence-corrected chi connectivity index (χ4v) is 1.98. The lowest BCUT2D eigenvalue weighted by Gasteiger charge is -2.11. The summed E-state index contributed by atoms with van der Waals surface area (Å²) in [5.41, 5.74) is 4.93. The minimum absolute atomic E-state index is 0.552. The molecule has 0 aliphatic heterocycles. The first-order valence-corrected chi connectivity index (χ1v) is 5.46. The van der Waals surface area contributed by atoms with Gasteiger partial charge in [0.05, 0.1) is 5.52 Å². The molecule has 0 spiro atoms. The molecule has 0 atom stereocenters. The van der Waals surface area contributed by atoms with Gasteiger partial charge >= 0.3 is 0 Å². The minimum Gasteiger partial charge on any atom is -0.253 e. The van der Waals surface area contributed by atoms with Gasteiger partial charge in [-0.05, 0) is 43.5 Å². The van der Waals surface area contributed by atoms with Crippen LogP contribution in [-0.2, 0) is 0 Å². The highest BCUT2D eigenvalue weighted by Crippen LogP contribution is 2.25. The van der Waals surface area contributed by atoms with Gasteiger partial charge in [0.15, 0.2) is 0 Å². The molecule has 0 amide bonds. The average Bonchev–Trinajstić information content (AvgIpc) is 2.17. The van der Waals surface area contributed by atoms with Crippen LogP contribution in [0.1, 0.15) is 36.6 Å². The molecule has 0 N–H and O–H groups in total. The molecule has 2 rings (SSSR count). The van der Waals surface area contributed by atoms with Crippen LogP contribution in [0.4, 0.5) is 0 Å². The summed E-state index contributed by atoms with van der Waals surface area (Å²) in [6.45, 7) is 8.65. The van der Waals surface area contributed by atoms with Crippen LogP contribution in [0, 0.1) is 13.8 Å². The van der Waals surface area contributed by atoms with Crippen molar-refractivity contribution in [3.05, 3.63) is 41.1 Å². The van der Waals surface area contributed by atoms with Crippen LogP contribution in [0.25, 0.3) is 10.9 Å². The largest absolute Gasteiger partial charge is 0.253 e. The highest BCUT2D eigenvalue weighted by Gasteiger charge is 2.07. The van der Waals surface area contributed by atoms with Gasteiger partial charge in [0.2, 0.25) is 0 Å². The summed E-state index contributed by atoms with van der Waals surface area (Å²) in [5.74, 6) is 0.552. The zero-order valence-electron chi connectivity index (χ0n) is 9.83. The van der Waals surface area contributed by atoms with Crippen LogP contribution in [0.3, 0.4) is 0 Å². The van der Waals surface area contributed by atoms with Gasteiger partial charge in [-0.15, -0.1) is 0 Å². The number of aromatic nitrogens is 1. The molecule has 0 bridgehead atoms. The summed E-state index contributed by atoms with van der Waals surface area (Å²) in [7, 11) is 0. The number of hydrogen-bond donors (Lipinski definition) is 0. The molecule has 1 aromatic carbocycles. The molecule has 1 nitrogen and oxygen atoms in total. The van der Waals surface area contributed by atoms with E-state index in [2.05, 4.69) is 56.9 Å². The Hall–Kier alpha value is -1.37. The van der Waals surface area contributed by atoms with Gasteiger partial charge in [0.25, 0.3) is 0 Å². The first-order valence-electron chi connectivity index (χ1n) is 5.46. The van der Waals surface area contributed by atoms with Crippen molar-refractivity contribution in [1.29, 1.82) is 0 Å². The summed E-state index contributed by atoms with van der Waals surface area (Å²) >= 11 is 0. The van der Waals surface area contributed by atoms with Crippen LogP contribution in [0.15, 0.2) is 24.3 Å². The van der Waals surface area contributed by atoms with Crippen LogP contribution in [0.2, 0.25) is 0 Å². The fourth-order valence-electron chi connectivity index (χ4n) is 1.98. The molecule has 15 heavy (non-hydrogen) atoms. The van der Waals surface area contributed by atoms with E-state index in [1.165, 1.54) is 16.5 Å². The van der Waals surface area contributed by atoms with E-state index in [1.54, 1.807) is 0 Å². The number of rotatable bonds is 1. The molecule has 0 unspecified atom stereocenters. The van der Waals surface area contributed by atoms with Gasteiger partial charge in [-0.1, -0.05) is 25.5 Å². The Morgan fingerprint density at radius 1 is 1.07 bits per heavy atom. The molecular formula is C14H17N. The first kappa shape index (κ1) is 10.2. The number of aryl methyl sites for hydroxylation is 2. The van der Waals surface area contributed by atoms with Crippen LogP contribution in [0.5, 0.6) is 0 Å². The first-order chi connectivity index (χ1) is 7.08. The summed E-state index contributed by atoms with van der Waals surface area (Å²) in [4.78, 5) is 4.56. The van der Waals surface area contributed by atoms with Crippen molar-refractivity contribution in [1.82, 2.24) is 4.98 Å². The third-order valence-corrected chi connectivity index (χ3v) is 2.75. The average molecular weight is 199 g/mol. The predicted molar refractivity (Wildman–Crippen MR) is 65.3 cm³/mol. The molecular weight excluding hydrogens is 182 g/mol.